The first-order valence-electron chi connectivity index (χ1n) is 10.3. The number of aliphatic imine (C=N–C) groups is 1. The Hall–Kier alpha value is -1.59. The lowest BCUT2D eigenvalue weighted by molar-refractivity contribution is 0.0512. The maximum absolute atomic E-state index is 5.65. The number of nitrogens with zero attached hydrogens (tertiary/aromatic N) is 1. The Labute approximate surface area is 163 Å². The number of benzene rings is 1. The Morgan fingerprint density at radius 2 is 1.78 bits per heavy atom. The van der Waals surface area contributed by atoms with Crippen LogP contribution in [0.25, 0.3) is 0 Å². The van der Waals surface area contributed by atoms with Crippen LogP contribution in [0.3, 0.4) is 0 Å². The number of rotatable bonds is 8. The third kappa shape index (κ3) is 5.02. The molecule has 1 aromatic rings. The first-order chi connectivity index (χ1) is 13.2. The molecule has 0 atom stereocenters. The summed E-state index contributed by atoms with van der Waals surface area (Å²) < 4.78 is 11.0. The molecule has 3 rings (SSSR count). The highest BCUT2D eigenvalue weighted by molar-refractivity contribution is 5.79. The van der Waals surface area contributed by atoms with Crippen LogP contribution >= 0.6 is 0 Å². The maximum Gasteiger partial charge on any atom is 0.191 e. The summed E-state index contributed by atoms with van der Waals surface area (Å²) in [5.74, 6) is 0.903. The Bertz CT molecular complexity index is 593. The van der Waals surface area contributed by atoms with E-state index in [-0.39, 0.29) is 5.41 Å². The lowest BCUT2D eigenvalue weighted by atomic mass is 9.67. The van der Waals surface area contributed by atoms with Crippen LogP contribution < -0.4 is 10.6 Å². The Kier molecular flexibility index (Phi) is 7.13. The molecule has 1 heterocycles. The minimum Gasteiger partial charge on any atom is -0.385 e. The van der Waals surface area contributed by atoms with E-state index in [1.807, 2.05) is 7.05 Å². The van der Waals surface area contributed by atoms with Gasteiger partial charge in [0.1, 0.15) is 0 Å². The summed E-state index contributed by atoms with van der Waals surface area (Å²) >= 11 is 0. The molecule has 0 bridgehead atoms. The van der Waals surface area contributed by atoms with Crippen LogP contribution in [0.2, 0.25) is 0 Å². The summed E-state index contributed by atoms with van der Waals surface area (Å²) in [4.78, 5) is 4.47. The molecule has 27 heavy (non-hydrogen) atoms. The van der Waals surface area contributed by atoms with E-state index in [4.69, 9.17) is 9.47 Å². The molecule has 2 fully saturated rings. The molecular formula is C22H35N3O2. The number of hydrogen-bond acceptors (Lipinski definition) is 3. The highest BCUT2D eigenvalue weighted by Gasteiger charge is 2.37. The first kappa shape index (κ1) is 20.2. The van der Waals surface area contributed by atoms with Crippen molar-refractivity contribution in [3.63, 3.8) is 0 Å². The molecule has 1 saturated carbocycles. The topological polar surface area (TPSA) is 54.9 Å². The number of ether oxygens (including phenoxy) is 2. The quantitative estimate of drug-likeness (QED) is 0.543. The van der Waals surface area contributed by atoms with Crippen molar-refractivity contribution in [3.8, 4) is 0 Å². The van der Waals surface area contributed by atoms with Crippen molar-refractivity contribution in [3.05, 3.63) is 35.9 Å². The normalized spacial score (nSPS) is 21.3. The average Bonchev–Trinajstić information content (AvgIpc) is 2.70. The Morgan fingerprint density at radius 3 is 2.37 bits per heavy atom. The molecule has 5 nitrogen and oxygen atoms in total. The zero-order valence-corrected chi connectivity index (χ0v) is 16.9. The Morgan fingerprint density at radius 1 is 1.07 bits per heavy atom. The van der Waals surface area contributed by atoms with Crippen molar-refractivity contribution in [1.82, 2.24) is 10.6 Å². The van der Waals surface area contributed by atoms with Crippen LogP contribution in [0.4, 0.5) is 0 Å². The van der Waals surface area contributed by atoms with Crippen LogP contribution in [0.5, 0.6) is 0 Å². The maximum atomic E-state index is 5.65. The largest absolute Gasteiger partial charge is 0.385 e. The van der Waals surface area contributed by atoms with E-state index in [0.29, 0.717) is 5.41 Å². The van der Waals surface area contributed by atoms with Gasteiger partial charge in [0.2, 0.25) is 0 Å². The van der Waals surface area contributed by atoms with Gasteiger partial charge in [-0.1, -0.05) is 36.8 Å². The molecule has 1 aromatic carbocycles. The molecule has 2 aliphatic rings. The van der Waals surface area contributed by atoms with E-state index >= 15 is 0 Å². The third-order valence-electron chi connectivity index (χ3n) is 6.54. The molecule has 5 heteroatoms. The van der Waals surface area contributed by atoms with Crippen molar-refractivity contribution in [1.29, 1.82) is 0 Å². The predicted molar refractivity (Wildman–Crippen MR) is 110 cm³/mol. The number of hydrogen-bond donors (Lipinski definition) is 2. The van der Waals surface area contributed by atoms with E-state index in [9.17, 15) is 0 Å². The van der Waals surface area contributed by atoms with Crippen LogP contribution in [-0.4, -0.2) is 53.0 Å². The van der Waals surface area contributed by atoms with Gasteiger partial charge < -0.3 is 20.1 Å². The van der Waals surface area contributed by atoms with Gasteiger partial charge in [-0.2, -0.15) is 0 Å². The van der Waals surface area contributed by atoms with Gasteiger partial charge in [0, 0.05) is 52.5 Å². The molecule has 0 amide bonds. The Balaban J connectivity index is 1.58. The van der Waals surface area contributed by atoms with Crippen LogP contribution in [0.15, 0.2) is 35.3 Å². The summed E-state index contributed by atoms with van der Waals surface area (Å²) in [5, 5.41) is 7.19. The van der Waals surface area contributed by atoms with Gasteiger partial charge in [-0.3, -0.25) is 4.99 Å². The molecule has 0 unspecified atom stereocenters. The van der Waals surface area contributed by atoms with Crippen molar-refractivity contribution in [2.24, 2.45) is 10.4 Å². The van der Waals surface area contributed by atoms with Crippen molar-refractivity contribution < 1.29 is 9.47 Å². The lowest BCUT2D eigenvalue weighted by Crippen LogP contribution is -2.51. The summed E-state index contributed by atoms with van der Waals surface area (Å²) in [5.41, 5.74) is 1.89. The summed E-state index contributed by atoms with van der Waals surface area (Å²) in [6.45, 7) is 4.33. The van der Waals surface area contributed by atoms with Gasteiger partial charge in [0.15, 0.2) is 5.96 Å². The molecule has 2 N–H and O–H groups in total. The minimum absolute atomic E-state index is 0.112. The standard InChI is InChI=1S/C22H35N3O2/c1-23-20(24-17-21(9-6-10-21)11-14-26-2)25-18-22(12-15-27-16-13-22)19-7-4-3-5-8-19/h3-5,7-8H,6,9-18H2,1-2H3,(H2,23,24,25). The highest BCUT2D eigenvalue weighted by Crippen LogP contribution is 2.43. The van der Waals surface area contributed by atoms with E-state index in [1.54, 1.807) is 7.11 Å². The average molecular weight is 374 g/mol. The number of methoxy groups -OCH3 is 1. The second kappa shape index (κ2) is 9.56. The van der Waals surface area contributed by atoms with Crippen molar-refractivity contribution in [2.45, 2.75) is 43.9 Å². The van der Waals surface area contributed by atoms with Gasteiger partial charge in [-0.05, 0) is 43.1 Å². The van der Waals surface area contributed by atoms with E-state index in [1.165, 1.54) is 24.8 Å². The SMILES string of the molecule is CN=C(NCC1(CCOC)CCC1)NCC1(c2ccccc2)CCOCC1. The summed E-state index contributed by atoms with van der Waals surface area (Å²) in [6, 6.07) is 10.8. The molecule has 0 aromatic heterocycles. The second-order valence-electron chi connectivity index (χ2n) is 8.13. The number of guanidine groups is 1. The zero-order chi connectivity index (χ0) is 19.0. The third-order valence-corrected chi connectivity index (χ3v) is 6.54. The van der Waals surface area contributed by atoms with Gasteiger partial charge in [-0.15, -0.1) is 0 Å². The fourth-order valence-corrected chi connectivity index (χ4v) is 4.38. The fourth-order valence-electron chi connectivity index (χ4n) is 4.38. The molecule has 1 saturated heterocycles. The van der Waals surface area contributed by atoms with E-state index < -0.39 is 0 Å². The lowest BCUT2D eigenvalue weighted by Gasteiger charge is -2.42. The van der Waals surface area contributed by atoms with Gasteiger partial charge in [0.25, 0.3) is 0 Å². The van der Waals surface area contributed by atoms with Crippen LogP contribution in [-0.2, 0) is 14.9 Å². The van der Waals surface area contributed by atoms with Crippen molar-refractivity contribution >= 4 is 5.96 Å². The smallest absolute Gasteiger partial charge is 0.191 e. The molecule has 1 aliphatic heterocycles. The van der Waals surface area contributed by atoms with Gasteiger partial charge >= 0.3 is 0 Å². The monoisotopic (exact) mass is 373 g/mol. The van der Waals surface area contributed by atoms with Gasteiger partial charge in [-0.25, -0.2) is 0 Å². The van der Waals surface area contributed by atoms with E-state index in [0.717, 1.165) is 58.1 Å². The first-order valence-corrected chi connectivity index (χ1v) is 10.3. The fraction of sp³-hybridized carbons (Fsp3) is 0.682. The zero-order valence-electron chi connectivity index (χ0n) is 16.9. The predicted octanol–water partition coefficient (Wildman–Crippen LogP) is 3.11. The second-order valence-corrected chi connectivity index (χ2v) is 8.13. The molecular weight excluding hydrogens is 338 g/mol. The van der Waals surface area contributed by atoms with Crippen LogP contribution in [0.1, 0.15) is 44.1 Å². The van der Waals surface area contributed by atoms with Crippen LogP contribution in [0, 0.1) is 5.41 Å². The minimum atomic E-state index is 0.112. The van der Waals surface area contributed by atoms with Gasteiger partial charge in [0.05, 0.1) is 0 Å². The molecule has 150 valence electrons. The highest BCUT2D eigenvalue weighted by atomic mass is 16.5. The summed E-state index contributed by atoms with van der Waals surface area (Å²) in [6.07, 6.45) is 7.10. The number of nitrogens with one attached hydrogen (secondary N) is 2. The molecule has 0 radical (unpaired) electrons. The molecule has 0 spiro atoms. The van der Waals surface area contributed by atoms with E-state index in [2.05, 4.69) is 46.0 Å². The molecule has 1 aliphatic carbocycles. The van der Waals surface area contributed by atoms with Crippen molar-refractivity contribution in [2.75, 3.05) is 47.1 Å². The summed E-state index contributed by atoms with van der Waals surface area (Å²) in [7, 11) is 3.65.